The van der Waals surface area contributed by atoms with Crippen molar-refractivity contribution >= 4 is 28.9 Å². The maximum atomic E-state index is 11.8. The quantitative estimate of drug-likeness (QED) is 0.674. The van der Waals surface area contributed by atoms with Crippen molar-refractivity contribution in [1.29, 1.82) is 0 Å². The lowest BCUT2D eigenvalue weighted by molar-refractivity contribution is -0.384. The third-order valence-corrected chi connectivity index (χ3v) is 3.28. The Balaban J connectivity index is 1.89. The summed E-state index contributed by atoms with van der Waals surface area (Å²) < 4.78 is 5.26. The first-order chi connectivity index (χ1) is 10.5. The molecule has 2 rings (SSSR count). The van der Waals surface area contributed by atoms with E-state index in [1.807, 2.05) is 6.92 Å². The summed E-state index contributed by atoms with van der Waals surface area (Å²) in [6.07, 6.45) is 0. The molecule has 0 saturated heterocycles. The van der Waals surface area contributed by atoms with Crippen LogP contribution in [-0.4, -0.2) is 17.4 Å². The van der Waals surface area contributed by atoms with Gasteiger partial charge in [0, 0.05) is 22.8 Å². The molecule has 0 saturated carbocycles. The van der Waals surface area contributed by atoms with Crippen LogP contribution >= 0.6 is 11.6 Å². The van der Waals surface area contributed by atoms with Gasteiger partial charge in [-0.1, -0.05) is 17.7 Å². The Kier molecular flexibility index (Phi) is 4.95. The highest BCUT2D eigenvalue weighted by Gasteiger charge is 2.07. The minimum atomic E-state index is -0.502. The van der Waals surface area contributed by atoms with E-state index in [-0.39, 0.29) is 18.2 Å². The van der Waals surface area contributed by atoms with Gasteiger partial charge < -0.3 is 10.1 Å². The topological polar surface area (TPSA) is 81.5 Å². The highest BCUT2D eigenvalue weighted by Crippen LogP contribution is 2.20. The average Bonchev–Trinajstić information content (AvgIpc) is 2.49. The number of anilines is 1. The number of hydrogen-bond donors (Lipinski definition) is 1. The normalized spacial score (nSPS) is 10.1. The molecular weight excluding hydrogens is 308 g/mol. The second-order valence-electron chi connectivity index (χ2n) is 4.55. The first-order valence-corrected chi connectivity index (χ1v) is 6.77. The predicted octanol–water partition coefficient (Wildman–Crippen LogP) is 3.57. The number of benzene rings is 2. The fourth-order valence-electron chi connectivity index (χ4n) is 1.68. The van der Waals surface area contributed by atoms with Crippen LogP contribution in [0.1, 0.15) is 5.56 Å². The largest absolute Gasteiger partial charge is 0.484 e. The Bertz CT molecular complexity index is 701. The summed E-state index contributed by atoms with van der Waals surface area (Å²) in [4.78, 5) is 21.8. The number of aryl methyl sites for hydroxylation is 1. The number of carbonyl (C=O) groups excluding carboxylic acids is 1. The number of carbonyl (C=O) groups is 1. The molecule has 1 amide bonds. The van der Waals surface area contributed by atoms with Crippen LogP contribution in [0.15, 0.2) is 42.5 Å². The molecule has 114 valence electrons. The molecule has 0 unspecified atom stereocenters. The SMILES string of the molecule is Cc1ccc(NC(=O)COc2ccc([N+](=O)[O-])cc2)cc1Cl. The van der Waals surface area contributed by atoms with E-state index in [2.05, 4.69) is 5.32 Å². The molecule has 0 spiro atoms. The summed E-state index contributed by atoms with van der Waals surface area (Å²) in [6.45, 7) is 1.66. The third kappa shape index (κ3) is 4.20. The molecule has 7 heteroatoms. The number of hydrogen-bond acceptors (Lipinski definition) is 4. The molecular formula is C15H13ClN2O4. The van der Waals surface area contributed by atoms with E-state index < -0.39 is 4.92 Å². The number of halogens is 1. The Labute approximate surface area is 131 Å². The fourth-order valence-corrected chi connectivity index (χ4v) is 1.86. The Hall–Kier alpha value is -2.60. The molecule has 0 heterocycles. The number of rotatable bonds is 5. The summed E-state index contributed by atoms with van der Waals surface area (Å²) in [7, 11) is 0. The van der Waals surface area contributed by atoms with Crippen LogP contribution in [0.2, 0.25) is 5.02 Å². The van der Waals surface area contributed by atoms with Gasteiger partial charge in [0.15, 0.2) is 6.61 Å². The number of nitrogens with zero attached hydrogens (tertiary/aromatic N) is 1. The summed E-state index contributed by atoms with van der Waals surface area (Å²) in [5.74, 6) is 0.0287. The maximum Gasteiger partial charge on any atom is 0.269 e. The van der Waals surface area contributed by atoms with Crippen LogP contribution in [0.25, 0.3) is 0 Å². The molecule has 0 aromatic heterocycles. The highest BCUT2D eigenvalue weighted by atomic mass is 35.5. The van der Waals surface area contributed by atoms with Crippen LogP contribution in [-0.2, 0) is 4.79 Å². The number of non-ortho nitro benzene ring substituents is 1. The van der Waals surface area contributed by atoms with E-state index in [1.165, 1.54) is 24.3 Å². The van der Waals surface area contributed by atoms with Gasteiger partial charge in [-0.3, -0.25) is 14.9 Å². The molecule has 0 radical (unpaired) electrons. The van der Waals surface area contributed by atoms with Crippen LogP contribution in [0.4, 0.5) is 11.4 Å². The molecule has 0 aliphatic rings. The molecule has 0 fully saturated rings. The van der Waals surface area contributed by atoms with E-state index in [9.17, 15) is 14.9 Å². The maximum absolute atomic E-state index is 11.8. The van der Waals surface area contributed by atoms with Gasteiger partial charge in [-0.05, 0) is 36.8 Å². The number of nitro groups is 1. The van der Waals surface area contributed by atoms with Gasteiger partial charge in [-0.25, -0.2) is 0 Å². The van der Waals surface area contributed by atoms with Gasteiger partial charge in [0.1, 0.15) is 5.75 Å². The van der Waals surface area contributed by atoms with Crippen molar-refractivity contribution in [1.82, 2.24) is 0 Å². The average molecular weight is 321 g/mol. The number of amides is 1. The van der Waals surface area contributed by atoms with Crippen molar-refractivity contribution in [3.05, 3.63) is 63.2 Å². The van der Waals surface area contributed by atoms with Gasteiger partial charge >= 0.3 is 0 Å². The van der Waals surface area contributed by atoms with Crippen LogP contribution in [0, 0.1) is 17.0 Å². The zero-order chi connectivity index (χ0) is 16.1. The molecule has 0 aliphatic heterocycles. The first kappa shape index (κ1) is 15.8. The lowest BCUT2D eigenvalue weighted by atomic mass is 10.2. The van der Waals surface area contributed by atoms with Gasteiger partial charge in [-0.15, -0.1) is 0 Å². The molecule has 22 heavy (non-hydrogen) atoms. The van der Waals surface area contributed by atoms with Gasteiger partial charge in [0.25, 0.3) is 11.6 Å². The van der Waals surface area contributed by atoms with Gasteiger partial charge in [-0.2, -0.15) is 0 Å². The molecule has 0 atom stereocenters. The summed E-state index contributed by atoms with van der Waals surface area (Å²) in [5, 5.41) is 13.7. The van der Waals surface area contributed by atoms with Crippen molar-refractivity contribution in [3.63, 3.8) is 0 Å². The highest BCUT2D eigenvalue weighted by molar-refractivity contribution is 6.31. The zero-order valence-corrected chi connectivity index (χ0v) is 12.5. The smallest absolute Gasteiger partial charge is 0.269 e. The Morgan fingerprint density at radius 1 is 1.27 bits per heavy atom. The Morgan fingerprint density at radius 3 is 2.55 bits per heavy atom. The number of nitro benzene ring substituents is 1. The number of nitrogens with one attached hydrogen (secondary N) is 1. The fraction of sp³-hybridized carbons (Fsp3) is 0.133. The molecule has 2 aromatic rings. The van der Waals surface area contributed by atoms with E-state index in [0.29, 0.717) is 16.5 Å². The van der Waals surface area contributed by atoms with Crippen LogP contribution in [0.5, 0.6) is 5.75 Å². The Morgan fingerprint density at radius 2 is 1.95 bits per heavy atom. The van der Waals surface area contributed by atoms with Crippen molar-refractivity contribution in [2.75, 3.05) is 11.9 Å². The van der Waals surface area contributed by atoms with Crippen LogP contribution in [0.3, 0.4) is 0 Å². The van der Waals surface area contributed by atoms with E-state index in [4.69, 9.17) is 16.3 Å². The monoisotopic (exact) mass is 320 g/mol. The van der Waals surface area contributed by atoms with Crippen molar-refractivity contribution in [2.45, 2.75) is 6.92 Å². The van der Waals surface area contributed by atoms with Crippen molar-refractivity contribution in [2.24, 2.45) is 0 Å². The first-order valence-electron chi connectivity index (χ1n) is 6.39. The zero-order valence-electron chi connectivity index (χ0n) is 11.7. The van der Waals surface area contributed by atoms with Crippen molar-refractivity contribution in [3.8, 4) is 5.75 Å². The minimum Gasteiger partial charge on any atom is -0.484 e. The predicted molar refractivity (Wildman–Crippen MR) is 83.4 cm³/mol. The van der Waals surface area contributed by atoms with E-state index >= 15 is 0 Å². The second kappa shape index (κ2) is 6.91. The molecule has 2 aromatic carbocycles. The molecule has 1 N–H and O–H groups in total. The molecule has 0 bridgehead atoms. The summed E-state index contributed by atoms with van der Waals surface area (Å²) >= 11 is 5.97. The van der Waals surface area contributed by atoms with Crippen LogP contribution < -0.4 is 10.1 Å². The summed E-state index contributed by atoms with van der Waals surface area (Å²) in [6, 6.07) is 10.7. The van der Waals surface area contributed by atoms with Crippen molar-refractivity contribution < 1.29 is 14.5 Å². The number of ether oxygens (including phenoxy) is 1. The van der Waals surface area contributed by atoms with E-state index in [1.54, 1.807) is 18.2 Å². The minimum absolute atomic E-state index is 0.0360. The molecule has 6 nitrogen and oxygen atoms in total. The second-order valence-corrected chi connectivity index (χ2v) is 4.96. The lowest BCUT2D eigenvalue weighted by Gasteiger charge is -2.08. The van der Waals surface area contributed by atoms with Gasteiger partial charge in [0.2, 0.25) is 0 Å². The molecule has 0 aliphatic carbocycles. The third-order valence-electron chi connectivity index (χ3n) is 2.87. The van der Waals surface area contributed by atoms with E-state index in [0.717, 1.165) is 5.56 Å². The summed E-state index contributed by atoms with van der Waals surface area (Å²) in [5.41, 5.74) is 1.46. The van der Waals surface area contributed by atoms with Gasteiger partial charge in [0.05, 0.1) is 4.92 Å². The lowest BCUT2D eigenvalue weighted by Crippen LogP contribution is -2.20. The standard InChI is InChI=1S/C15H13ClN2O4/c1-10-2-3-11(8-14(10)16)17-15(19)9-22-13-6-4-12(5-7-13)18(20)21/h2-8H,9H2,1H3,(H,17,19).